The monoisotopic (exact) mass is 228 g/mol. The summed E-state index contributed by atoms with van der Waals surface area (Å²) in [5, 5.41) is 0. The van der Waals surface area contributed by atoms with Gasteiger partial charge in [-0.3, -0.25) is 0 Å². The fourth-order valence-electron chi connectivity index (χ4n) is 2.79. The van der Waals surface area contributed by atoms with Crippen molar-refractivity contribution in [3.05, 3.63) is 0 Å². The van der Waals surface area contributed by atoms with Gasteiger partial charge in [0, 0.05) is 6.54 Å². The van der Waals surface area contributed by atoms with Crippen molar-refractivity contribution in [2.45, 2.75) is 25.7 Å². The van der Waals surface area contributed by atoms with Crippen LogP contribution in [0.2, 0.25) is 0 Å². The molecule has 2 saturated heterocycles. The third kappa shape index (κ3) is 3.65. The molecule has 0 aromatic carbocycles. The molecule has 2 fully saturated rings. The molecule has 2 N–H and O–H groups in total. The predicted molar refractivity (Wildman–Crippen MR) is 68.3 cm³/mol. The molecule has 2 aliphatic rings. The normalized spacial score (nSPS) is 29.8. The minimum atomic E-state index is 0.879. The van der Waals surface area contributed by atoms with Crippen LogP contribution < -0.4 is 5.73 Å². The van der Waals surface area contributed by atoms with Crippen LogP contribution in [0.15, 0.2) is 0 Å². The number of nitrogens with two attached hydrogens (primary N) is 1. The Hall–Kier alpha value is 0.270. The Balaban J connectivity index is 1.64. The van der Waals surface area contributed by atoms with E-state index in [1.165, 1.54) is 56.8 Å². The van der Waals surface area contributed by atoms with E-state index in [9.17, 15) is 0 Å². The van der Waals surface area contributed by atoms with Crippen LogP contribution >= 0.6 is 11.8 Å². The number of thioether (sulfide) groups is 1. The van der Waals surface area contributed by atoms with E-state index in [0.717, 1.165) is 18.4 Å². The zero-order valence-corrected chi connectivity index (χ0v) is 10.5. The molecule has 1 atom stereocenters. The molecule has 2 heterocycles. The van der Waals surface area contributed by atoms with E-state index in [1.54, 1.807) is 0 Å². The standard InChI is InChI=1S/C12H24N2S/c13-5-1-11-2-6-14(7-3-11)9-12-4-8-15-10-12/h11-12H,1-10,13H2. The van der Waals surface area contributed by atoms with Crippen LogP contribution in [-0.2, 0) is 0 Å². The summed E-state index contributed by atoms with van der Waals surface area (Å²) in [5.41, 5.74) is 5.61. The summed E-state index contributed by atoms with van der Waals surface area (Å²) >= 11 is 2.14. The average molecular weight is 228 g/mol. The summed E-state index contributed by atoms with van der Waals surface area (Å²) in [6.45, 7) is 4.89. The van der Waals surface area contributed by atoms with Crippen molar-refractivity contribution in [2.24, 2.45) is 17.6 Å². The van der Waals surface area contributed by atoms with Gasteiger partial charge in [0.25, 0.3) is 0 Å². The van der Waals surface area contributed by atoms with Crippen molar-refractivity contribution in [3.8, 4) is 0 Å². The highest BCUT2D eigenvalue weighted by Crippen LogP contribution is 2.26. The fourth-order valence-corrected chi connectivity index (χ4v) is 4.06. The molecule has 0 spiro atoms. The van der Waals surface area contributed by atoms with Crippen molar-refractivity contribution < 1.29 is 0 Å². The number of likely N-dealkylation sites (tertiary alicyclic amines) is 1. The molecule has 2 nitrogen and oxygen atoms in total. The summed E-state index contributed by atoms with van der Waals surface area (Å²) < 4.78 is 0. The average Bonchev–Trinajstić information content (AvgIpc) is 2.74. The Morgan fingerprint density at radius 3 is 2.53 bits per heavy atom. The van der Waals surface area contributed by atoms with Gasteiger partial charge in [0.2, 0.25) is 0 Å². The molecule has 0 radical (unpaired) electrons. The van der Waals surface area contributed by atoms with Crippen molar-refractivity contribution in [2.75, 3.05) is 37.7 Å². The van der Waals surface area contributed by atoms with Crippen molar-refractivity contribution in [3.63, 3.8) is 0 Å². The summed E-state index contributed by atoms with van der Waals surface area (Å²) in [6.07, 6.45) is 5.47. The van der Waals surface area contributed by atoms with Crippen LogP contribution in [-0.4, -0.2) is 42.6 Å². The third-order valence-corrected chi connectivity index (χ3v) is 5.05. The molecular weight excluding hydrogens is 204 g/mol. The van der Waals surface area contributed by atoms with E-state index in [0.29, 0.717) is 0 Å². The van der Waals surface area contributed by atoms with Gasteiger partial charge in [0.1, 0.15) is 0 Å². The lowest BCUT2D eigenvalue weighted by Gasteiger charge is -2.33. The Morgan fingerprint density at radius 1 is 1.13 bits per heavy atom. The third-order valence-electron chi connectivity index (χ3n) is 3.82. The Morgan fingerprint density at radius 2 is 1.93 bits per heavy atom. The topological polar surface area (TPSA) is 29.3 Å². The molecule has 2 rings (SSSR count). The van der Waals surface area contributed by atoms with E-state index in [-0.39, 0.29) is 0 Å². The Kier molecular flexibility index (Phi) is 4.79. The fraction of sp³-hybridized carbons (Fsp3) is 1.00. The van der Waals surface area contributed by atoms with E-state index in [4.69, 9.17) is 5.73 Å². The highest BCUT2D eigenvalue weighted by molar-refractivity contribution is 7.99. The second kappa shape index (κ2) is 6.12. The predicted octanol–water partition coefficient (Wildman–Crippen LogP) is 1.80. The summed E-state index contributed by atoms with van der Waals surface area (Å²) in [5.74, 6) is 4.71. The van der Waals surface area contributed by atoms with E-state index in [1.807, 2.05) is 0 Å². The minimum Gasteiger partial charge on any atom is -0.330 e. The lowest BCUT2D eigenvalue weighted by Crippen LogP contribution is -2.37. The molecule has 0 amide bonds. The first-order valence-corrected chi connectivity index (χ1v) is 7.54. The van der Waals surface area contributed by atoms with E-state index < -0.39 is 0 Å². The van der Waals surface area contributed by atoms with Gasteiger partial charge in [-0.05, 0) is 68.7 Å². The summed E-state index contributed by atoms with van der Waals surface area (Å²) in [6, 6.07) is 0. The van der Waals surface area contributed by atoms with Crippen LogP contribution in [0.4, 0.5) is 0 Å². The van der Waals surface area contributed by atoms with Gasteiger partial charge in [-0.2, -0.15) is 11.8 Å². The number of rotatable bonds is 4. The first-order valence-electron chi connectivity index (χ1n) is 6.38. The smallest absolute Gasteiger partial charge is 0.00178 e. The molecule has 1 unspecified atom stereocenters. The van der Waals surface area contributed by atoms with Gasteiger partial charge >= 0.3 is 0 Å². The summed E-state index contributed by atoms with van der Waals surface area (Å²) in [7, 11) is 0. The minimum absolute atomic E-state index is 0.879. The van der Waals surface area contributed by atoms with Crippen molar-refractivity contribution >= 4 is 11.8 Å². The SMILES string of the molecule is NCCC1CCN(CC2CCSC2)CC1. The molecular formula is C12H24N2S. The first kappa shape index (κ1) is 11.7. The van der Waals surface area contributed by atoms with Crippen LogP contribution in [0.25, 0.3) is 0 Å². The maximum atomic E-state index is 5.61. The van der Waals surface area contributed by atoms with Crippen molar-refractivity contribution in [1.29, 1.82) is 0 Å². The maximum Gasteiger partial charge on any atom is 0.00178 e. The Bertz CT molecular complexity index is 172. The van der Waals surface area contributed by atoms with Gasteiger partial charge in [-0.25, -0.2) is 0 Å². The highest BCUT2D eigenvalue weighted by atomic mass is 32.2. The van der Waals surface area contributed by atoms with Crippen LogP contribution in [0.5, 0.6) is 0 Å². The first-order chi connectivity index (χ1) is 7.38. The molecule has 0 bridgehead atoms. The zero-order chi connectivity index (χ0) is 10.5. The zero-order valence-electron chi connectivity index (χ0n) is 9.66. The highest BCUT2D eigenvalue weighted by Gasteiger charge is 2.23. The lowest BCUT2D eigenvalue weighted by atomic mass is 9.93. The maximum absolute atomic E-state index is 5.61. The second-order valence-electron chi connectivity index (χ2n) is 5.05. The quantitative estimate of drug-likeness (QED) is 0.795. The number of hydrogen-bond acceptors (Lipinski definition) is 3. The molecule has 3 heteroatoms. The van der Waals surface area contributed by atoms with E-state index >= 15 is 0 Å². The largest absolute Gasteiger partial charge is 0.330 e. The molecule has 0 saturated carbocycles. The molecule has 0 aromatic heterocycles. The van der Waals surface area contributed by atoms with Crippen LogP contribution in [0.1, 0.15) is 25.7 Å². The molecule has 15 heavy (non-hydrogen) atoms. The van der Waals surface area contributed by atoms with Gasteiger partial charge < -0.3 is 10.6 Å². The van der Waals surface area contributed by atoms with E-state index in [2.05, 4.69) is 16.7 Å². The van der Waals surface area contributed by atoms with Gasteiger partial charge in [0.15, 0.2) is 0 Å². The molecule has 0 aromatic rings. The molecule has 2 aliphatic heterocycles. The Labute approximate surface area is 98.0 Å². The van der Waals surface area contributed by atoms with Crippen LogP contribution in [0, 0.1) is 11.8 Å². The van der Waals surface area contributed by atoms with Gasteiger partial charge in [-0.1, -0.05) is 0 Å². The lowest BCUT2D eigenvalue weighted by molar-refractivity contribution is 0.162. The number of piperidine rings is 1. The van der Waals surface area contributed by atoms with Gasteiger partial charge in [0.05, 0.1) is 0 Å². The molecule has 88 valence electrons. The van der Waals surface area contributed by atoms with Gasteiger partial charge in [-0.15, -0.1) is 0 Å². The number of hydrogen-bond donors (Lipinski definition) is 1. The van der Waals surface area contributed by atoms with Crippen LogP contribution in [0.3, 0.4) is 0 Å². The van der Waals surface area contributed by atoms with Crippen molar-refractivity contribution in [1.82, 2.24) is 4.90 Å². The molecule has 0 aliphatic carbocycles. The number of nitrogens with zero attached hydrogens (tertiary/aromatic N) is 1. The summed E-state index contributed by atoms with van der Waals surface area (Å²) in [4.78, 5) is 2.68. The second-order valence-corrected chi connectivity index (χ2v) is 6.20.